The molecule has 0 aromatic rings. The van der Waals surface area contributed by atoms with E-state index in [4.69, 9.17) is 30.6 Å². The molecule has 6 N–H and O–H groups in total. The number of carboxylic acids is 2. The van der Waals surface area contributed by atoms with E-state index in [-0.39, 0.29) is 17.1 Å². The summed E-state index contributed by atoms with van der Waals surface area (Å²) in [6, 6.07) is 0. The zero-order valence-corrected chi connectivity index (χ0v) is 11.0. The van der Waals surface area contributed by atoms with Gasteiger partial charge in [-0.1, -0.05) is 0 Å². The number of rotatable bonds is 2. The van der Waals surface area contributed by atoms with Crippen LogP contribution in [0.5, 0.6) is 0 Å². The van der Waals surface area contributed by atoms with Crippen LogP contribution < -0.4 is 0 Å². The van der Waals surface area contributed by atoms with E-state index in [9.17, 15) is 19.2 Å². The molecule has 0 aliphatic carbocycles. The molecule has 0 radical (unpaired) electrons. The summed E-state index contributed by atoms with van der Waals surface area (Å²) in [5.41, 5.74) is 0. The number of aliphatic hydroxyl groups is 4. The van der Waals surface area contributed by atoms with Crippen molar-refractivity contribution in [2.75, 3.05) is 0 Å². The SMILES string of the molecule is O=C(O)/C(O)=C(/O)C(=O)O.O=C1OOOC(=O)C(O)=C1O.[Fe]. The van der Waals surface area contributed by atoms with Crippen molar-refractivity contribution >= 4 is 23.9 Å². The minimum atomic E-state index is -1.89. The van der Waals surface area contributed by atoms with Gasteiger partial charge in [-0.15, -0.1) is 0 Å². The molecule has 0 unspecified atom stereocenters. The van der Waals surface area contributed by atoms with Crippen LogP contribution in [0.2, 0.25) is 0 Å². The van der Waals surface area contributed by atoms with Crippen molar-refractivity contribution in [3.8, 4) is 0 Å². The number of carbonyl (C=O) groups is 4. The van der Waals surface area contributed by atoms with Crippen molar-refractivity contribution in [1.82, 2.24) is 0 Å². The topological polar surface area (TPSA) is 217 Å². The molecular formula is C8H6FeO13. The summed E-state index contributed by atoms with van der Waals surface area (Å²) >= 11 is 0. The van der Waals surface area contributed by atoms with Gasteiger partial charge in [0.1, 0.15) is 0 Å². The van der Waals surface area contributed by atoms with E-state index in [0.717, 1.165) is 0 Å². The number of hydrogen-bond donors (Lipinski definition) is 6. The number of hydrogen-bond acceptors (Lipinski definition) is 11. The summed E-state index contributed by atoms with van der Waals surface area (Å²) in [4.78, 5) is 47.3. The van der Waals surface area contributed by atoms with E-state index in [1.807, 2.05) is 0 Å². The Morgan fingerprint density at radius 3 is 1.23 bits per heavy atom. The molecule has 0 saturated carbocycles. The first-order chi connectivity index (χ1) is 9.59. The molecule has 22 heavy (non-hydrogen) atoms. The molecule has 0 spiro atoms. The summed E-state index contributed by atoms with van der Waals surface area (Å²) in [6.45, 7) is 0. The molecule has 1 heterocycles. The standard InChI is InChI=1S/C4H2O7.C4H4O6.Fe/c5-1-2(6)4(8)10-11-9-3(1)7;5-1(3(7)8)2(6)4(9)10;/h5-6H;5-6H,(H,7,8)(H,9,10);/b;2-1-;. The second-order valence-corrected chi connectivity index (χ2v) is 2.81. The summed E-state index contributed by atoms with van der Waals surface area (Å²) in [7, 11) is 0. The maximum Gasteiger partial charge on any atom is 0.415 e. The largest absolute Gasteiger partial charge is 0.499 e. The van der Waals surface area contributed by atoms with Crippen molar-refractivity contribution in [3.05, 3.63) is 23.0 Å². The van der Waals surface area contributed by atoms with Crippen molar-refractivity contribution in [2.24, 2.45) is 0 Å². The van der Waals surface area contributed by atoms with Gasteiger partial charge in [-0.25, -0.2) is 19.2 Å². The molecule has 0 bridgehead atoms. The molecule has 0 aromatic carbocycles. The fourth-order valence-corrected chi connectivity index (χ4v) is 0.554. The van der Waals surface area contributed by atoms with E-state index in [1.54, 1.807) is 0 Å². The van der Waals surface area contributed by atoms with Crippen molar-refractivity contribution in [3.63, 3.8) is 0 Å². The van der Waals surface area contributed by atoms with Crippen LogP contribution in [-0.4, -0.2) is 54.5 Å². The fraction of sp³-hybridized carbons (Fsp3) is 0. The van der Waals surface area contributed by atoms with Gasteiger partial charge in [0.25, 0.3) is 23.0 Å². The van der Waals surface area contributed by atoms with E-state index >= 15 is 0 Å². The summed E-state index contributed by atoms with van der Waals surface area (Å²) in [5, 5.41) is 52.8. The zero-order chi connectivity index (χ0) is 16.7. The predicted molar refractivity (Wildman–Crippen MR) is 53.1 cm³/mol. The van der Waals surface area contributed by atoms with Crippen LogP contribution in [0.3, 0.4) is 0 Å². The van der Waals surface area contributed by atoms with Crippen molar-refractivity contribution < 1.29 is 81.7 Å². The Kier molecular flexibility index (Phi) is 8.79. The average Bonchev–Trinajstić information content (AvgIpc) is 2.52. The molecule has 1 aliphatic rings. The molecule has 14 heteroatoms. The van der Waals surface area contributed by atoms with Crippen LogP contribution in [-0.2, 0) is 51.1 Å². The van der Waals surface area contributed by atoms with Gasteiger partial charge in [0.15, 0.2) is 0 Å². The number of carbonyl (C=O) groups excluding carboxylic acids is 2. The Morgan fingerprint density at radius 2 is 1.00 bits per heavy atom. The average molecular weight is 366 g/mol. The summed E-state index contributed by atoms with van der Waals surface area (Å²) < 4.78 is 0. The molecule has 13 nitrogen and oxygen atoms in total. The van der Waals surface area contributed by atoms with Crippen LogP contribution in [0, 0.1) is 0 Å². The van der Waals surface area contributed by atoms with E-state index < -0.39 is 46.9 Å². The molecule has 1 aliphatic heterocycles. The van der Waals surface area contributed by atoms with Gasteiger partial charge in [-0.3, -0.25) is 9.78 Å². The maximum atomic E-state index is 10.3. The van der Waals surface area contributed by atoms with Crippen LogP contribution >= 0.6 is 0 Å². The van der Waals surface area contributed by atoms with Gasteiger partial charge >= 0.3 is 23.9 Å². The van der Waals surface area contributed by atoms with Crippen LogP contribution in [0.25, 0.3) is 0 Å². The van der Waals surface area contributed by atoms with Gasteiger partial charge < -0.3 is 30.6 Å². The molecule has 1 rings (SSSR count). The second-order valence-electron chi connectivity index (χ2n) is 2.81. The zero-order valence-electron chi connectivity index (χ0n) is 9.89. The van der Waals surface area contributed by atoms with E-state index in [0.29, 0.717) is 0 Å². The third-order valence-electron chi connectivity index (χ3n) is 1.46. The normalized spacial score (nSPS) is 14.9. The Bertz CT molecular complexity index is 498. The third kappa shape index (κ3) is 6.00. The Hall–Kier alpha value is -2.96. The molecule has 0 atom stereocenters. The fourth-order valence-electron chi connectivity index (χ4n) is 0.554. The summed E-state index contributed by atoms with van der Waals surface area (Å²) in [6.07, 6.45) is 0. The predicted octanol–water partition coefficient (Wildman–Crippen LogP) is -1.26. The maximum absolute atomic E-state index is 10.3. The molecule has 0 fully saturated rings. The molecule has 0 saturated heterocycles. The third-order valence-corrected chi connectivity index (χ3v) is 1.46. The van der Waals surface area contributed by atoms with Crippen LogP contribution in [0.1, 0.15) is 0 Å². The number of aliphatic carboxylic acids is 2. The first kappa shape index (κ1) is 21.3. The summed E-state index contributed by atoms with van der Waals surface area (Å²) in [5.74, 6) is -12.3. The second kappa shape index (κ2) is 9.06. The Balaban J connectivity index is 0. The van der Waals surface area contributed by atoms with Crippen molar-refractivity contribution in [1.29, 1.82) is 0 Å². The van der Waals surface area contributed by atoms with Crippen LogP contribution in [0.4, 0.5) is 0 Å². The molecular weight excluding hydrogens is 360 g/mol. The quantitative estimate of drug-likeness (QED) is 0.146. The van der Waals surface area contributed by atoms with Gasteiger partial charge in [-0.05, 0) is 0 Å². The minimum absolute atomic E-state index is 0. The number of aliphatic hydroxyl groups excluding tert-OH is 4. The van der Waals surface area contributed by atoms with Gasteiger partial charge in [-0.2, -0.15) is 0 Å². The Morgan fingerprint density at radius 1 is 0.727 bits per heavy atom. The van der Waals surface area contributed by atoms with E-state index in [2.05, 4.69) is 14.8 Å². The molecule has 0 amide bonds. The minimum Gasteiger partial charge on any atom is -0.499 e. The van der Waals surface area contributed by atoms with Crippen LogP contribution in [0.15, 0.2) is 23.0 Å². The van der Waals surface area contributed by atoms with Gasteiger partial charge in [0, 0.05) is 22.1 Å². The number of carboxylic acid groups (broad SMARTS) is 2. The first-order valence-corrected chi connectivity index (χ1v) is 4.40. The smallest absolute Gasteiger partial charge is 0.415 e. The van der Waals surface area contributed by atoms with Gasteiger partial charge in [0.05, 0.1) is 0 Å². The molecule has 0 aromatic heterocycles. The van der Waals surface area contributed by atoms with E-state index in [1.165, 1.54) is 0 Å². The van der Waals surface area contributed by atoms with Crippen molar-refractivity contribution in [2.45, 2.75) is 0 Å². The van der Waals surface area contributed by atoms with Gasteiger partial charge in [0.2, 0.25) is 0 Å². The first-order valence-electron chi connectivity index (χ1n) is 4.40. The monoisotopic (exact) mass is 366 g/mol. The Labute approximate surface area is 129 Å². The molecule has 124 valence electrons.